The van der Waals surface area contributed by atoms with E-state index in [0.29, 0.717) is 25.7 Å². The minimum Gasteiger partial charge on any atom is -0.481 e. The first kappa shape index (κ1) is 22.2. The van der Waals surface area contributed by atoms with Crippen molar-refractivity contribution in [2.24, 2.45) is 46.3 Å². The third-order valence-corrected chi connectivity index (χ3v) is 10.1. The fourth-order valence-corrected chi connectivity index (χ4v) is 8.52. The molecule has 6 heteroatoms. The van der Waals surface area contributed by atoms with Gasteiger partial charge in [-0.1, -0.05) is 20.8 Å². The monoisotopic (exact) mass is 422 g/mol. The smallest absolute Gasteiger partial charge is 0.303 e. The molecule has 11 atom stereocenters. The second-order valence-electron chi connectivity index (χ2n) is 11.3. The number of ketones is 1. The zero-order valence-electron chi connectivity index (χ0n) is 18.5. The molecule has 0 aromatic carbocycles. The zero-order chi connectivity index (χ0) is 22.0. The largest absolute Gasteiger partial charge is 0.481 e. The minimum absolute atomic E-state index is 0.0234. The number of rotatable bonds is 4. The highest BCUT2D eigenvalue weighted by Crippen LogP contribution is 2.67. The molecule has 4 rings (SSSR count). The van der Waals surface area contributed by atoms with Crippen molar-refractivity contribution in [2.75, 3.05) is 0 Å². The van der Waals surface area contributed by atoms with E-state index in [0.717, 1.165) is 19.3 Å². The van der Waals surface area contributed by atoms with E-state index in [-0.39, 0.29) is 59.2 Å². The predicted molar refractivity (Wildman–Crippen MR) is 110 cm³/mol. The Hall–Kier alpha value is -0.980. The van der Waals surface area contributed by atoms with E-state index in [1.54, 1.807) is 0 Å². The van der Waals surface area contributed by atoms with Crippen LogP contribution in [0.25, 0.3) is 0 Å². The van der Waals surface area contributed by atoms with Gasteiger partial charge >= 0.3 is 5.97 Å². The highest BCUT2D eigenvalue weighted by molar-refractivity contribution is 5.91. The third kappa shape index (κ3) is 3.08. The van der Waals surface area contributed by atoms with E-state index in [1.165, 1.54) is 0 Å². The van der Waals surface area contributed by atoms with Crippen molar-refractivity contribution in [1.29, 1.82) is 0 Å². The van der Waals surface area contributed by atoms with Crippen molar-refractivity contribution in [3.05, 3.63) is 0 Å². The van der Waals surface area contributed by atoms with Crippen LogP contribution >= 0.6 is 0 Å². The highest BCUT2D eigenvalue weighted by atomic mass is 16.4. The van der Waals surface area contributed by atoms with E-state index < -0.39 is 23.6 Å². The number of carboxylic acids is 1. The molecule has 4 fully saturated rings. The molecule has 4 aliphatic rings. The maximum absolute atomic E-state index is 13.7. The summed E-state index contributed by atoms with van der Waals surface area (Å²) in [6, 6.07) is 0. The Morgan fingerprint density at radius 2 is 1.83 bits per heavy atom. The number of Topliss-reactive ketones (excluding diaryl/α,β-unsaturated/α-hetero) is 1. The number of carbonyl (C=O) groups excluding carboxylic acids is 1. The number of carbonyl (C=O) groups is 2. The van der Waals surface area contributed by atoms with Gasteiger partial charge in [0.05, 0.1) is 12.2 Å². The second-order valence-corrected chi connectivity index (χ2v) is 11.3. The summed E-state index contributed by atoms with van der Waals surface area (Å²) in [4.78, 5) is 24.8. The molecule has 0 unspecified atom stereocenters. The van der Waals surface area contributed by atoms with Crippen molar-refractivity contribution >= 4 is 11.8 Å². The summed E-state index contributed by atoms with van der Waals surface area (Å²) < 4.78 is 0. The number of aliphatic carboxylic acids is 1. The van der Waals surface area contributed by atoms with Gasteiger partial charge in [-0.05, 0) is 80.0 Å². The van der Waals surface area contributed by atoms with Crippen LogP contribution in [-0.2, 0) is 9.59 Å². The summed E-state index contributed by atoms with van der Waals surface area (Å²) in [5, 5.41) is 41.9. The summed E-state index contributed by atoms with van der Waals surface area (Å²) in [5.74, 6) is -1.04. The molecule has 0 spiro atoms. The zero-order valence-corrected chi connectivity index (χ0v) is 18.5. The van der Waals surface area contributed by atoms with E-state index in [2.05, 4.69) is 6.92 Å². The van der Waals surface area contributed by atoms with Crippen molar-refractivity contribution < 1.29 is 30.0 Å². The molecule has 4 N–H and O–H groups in total. The molecular formula is C24H38O6. The Labute approximate surface area is 179 Å². The Morgan fingerprint density at radius 1 is 1.13 bits per heavy atom. The predicted octanol–water partition coefficient (Wildman–Crippen LogP) is 2.63. The molecule has 30 heavy (non-hydrogen) atoms. The van der Waals surface area contributed by atoms with E-state index in [4.69, 9.17) is 5.11 Å². The van der Waals surface area contributed by atoms with Gasteiger partial charge in [0.2, 0.25) is 0 Å². The van der Waals surface area contributed by atoms with Crippen molar-refractivity contribution in [3.8, 4) is 0 Å². The first-order chi connectivity index (χ1) is 14.0. The van der Waals surface area contributed by atoms with Crippen molar-refractivity contribution in [2.45, 2.75) is 90.4 Å². The topological polar surface area (TPSA) is 115 Å². The lowest BCUT2D eigenvalue weighted by molar-refractivity contribution is -0.209. The van der Waals surface area contributed by atoms with Gasteiger partial charge in [0.1, 0.15) is 6.10 Å². The van der Waals surface area contributed by atoms with Crippen LogP contribution in [0, 0.1) is 46.3 Å². The normalized spacial score (nSPS) is 51.6. The van der Waals surface area contributed by atoms with Crippen LogP contribution < -0.4 is 0 Å². The van der Waals surface area contributed by atoms with Crippen LogP contribution in [0.4, 0.5) is 0 Å². The number of hydrogen-bond acceptors (Lipinski definition) is 5. The molecule has 0 heterocycles. The van der Waals surface area contributed by atoms with Crippen LogP contribution in [0.1, 0.15) is 72.1 Å². The van der Waals surface area contributed by atoms with Crippen LogP contribution in [0.3, 0.4) is 0 Å². The number of aliphatic hydroxyl groups is 3. The SMILES string of the molecule is C[C@H](CCC(=O)O)[C@H]1CC[C@H]2[C@H]3[C@H]([C@H](O)C(=O)[C@]12C)[C@@]1(C)CC[C@@H](O)C[C@H]1C[C@H]3O. The highest BCUT2D eigenvalue weighted by Gasteiger charge is 2.68. The molecule has 0 amide bonds. The third-order valence-electron chi connectivity index (χ3n) is 10.1. The molecule has 0 aliphatic heterocycles. The first-order valence-electron chi connectivity index (χ1n) is 11.8. The summed E-state index contributed by atoms with van der Waals surface area (Å²) in [5.41, 5.74) is -0.955. The summed E-state index contributed by atoms with van der Waals surface area (Å²) in [6.07, 6.45) is 3.00. The van der Waals surface area contributed by atoms with E-state index >= 15 is 0 Å². The maximum atomic E-state index is 13.7. The van der Waals surface area contributed by atoms with Gasteiger partial charge in [0.15, 0.2) is 5.78 Å². The Balaban J connectivity index is 1.67. The lowest BCUT2D eigenvalue weighted by atomic mass is 9.42. The number of hydrogen-bond donors (Lipinski definition) is 4. The number of aliphatic hydroxyl groups excluding tert-OH is 3. The molecule has 0 aromatic rings. The molecule has 4 aliphatic carbocycles. The molecule has 0 bridgehead atoms. The van der Waals surface area contributed by atoms with Gasteiger partial charge in [-0.3, -0.25) is 9.59 Å². The number of fused-ring (bicyclic) bond motifs is 5. The molecule has 0 aromatic heterocycles. The molecular weight excluding hydrogens is 384 g/mol. The van der Waals surface area contributed by atoms with Gasteiger partial charge in [0, 0.05) is 17.8 Å². The second kappa shape index (κ2) is 7.56. The van der Waals surface area contributed by atoms with Crippen LogP contribution in [0.15, 0.2) is 0 Å². The first-order valence-corrected chi connectivity index (χ1v) is 11.8. The van der Waals surface area contributed by atoms with Gasteiger partial charge in [-0.25, -0.2) is 0 Å². The van der Waals surface area contributed by atoms with E-state index in [1.807, 2.05) is 13.8 Å². The average Bonchev–Trinajstić information content (AvgIpc) is 3.03. The van der Waals surface area contributed by atoms with Gasteiger partial charge < -0.3 is 20.4 Å². The quantitative estimate of drug-likeness (QED) is 0.554. The Kier molecular flexibility index (Phi) is 5.60. The van der Waals surface area contributed by atoms with Gasteiger partial charge in [-0.15, -0.1) is 0 Å². The average molecular weight is 423 g/mol. The minimum atomic E-state index is -1.10. The summed E-state index contributed by atoms with van der Waals surface area (Å²) in [7, 11) is 0. The number of carboxylic acid groups (broad SMARTS) is 1. The van der Waals surface area contributed by atoms with Gasteiger partial charge in [0.25, 0.3) is 0 Å². The van der Waals surface area contributed by atoms with Crippen LogP contribution in [0.2, 0.25) is 0 Å². The van der Waals surface area contributed by atoms with Gasteiger partial charge in [-0.2, -0.15) is 0 Å². The summed E-state index contributed by atoms with van der Waals surface area (Å²) >= 11 is 0. The molecule has 4 saturated carbocycles. The summed E-state index contributed by atoms with van der Waals surface area (Å²) in [6.45, 7) is 6.17. The van der Waals surface area contributed by atoms with Crippen LogP contribution in [0.5, 0.6) is 0 Å². The standard InChI is InChI=1S/C24H38O6/c1-12(4-7-18(27)28)15-5-6-16-19-17(26)11-13-10-14(25)8-9-23(13,2)20(19)21(29)22(30)24(15,16)3/h12-17,19-21,25-26,29H,4-11H2,1-3H3,(H,27,28)/t12-,13+,14-,15-,16+,17-,19-,20-,21+,23+,24-/m1/s1. The molecule has 170 valence electrons. The molecule has 0 radical (unpaired) electrons. The fraction of sp³-hybridized carbons (Fsp3) is 0.917. The Bertz CT molecular complexity index is 708. The van der Waals surface area contributed by atoms with E-state index in [9.17, 15) is 24.9 Å². The fourth-order valence-electron chi connectivity index (χ4n) is 8.52. The molecule has 0 saturated heterocycles. The molecule has 6 nitrogen and oxygen atoms in total. The lowest BCUT2D eigenvalue weighted by Gasteiger charge is -2.63. The van der Waals surface area contributed by atoms with Crippen LogP contribution in [-0.4, -0.2) is 50.5 Å². The Morgan fingerprint density at radius 3 is 2.50 bits per heavy atom. The maximum Gasteiger partial charge on any atom is 0.303 e. The van der Waals surface area contributed by atoms with Crippen molar-refractivity contribution in [3.63, 3.8) is 0 Å². The van der Waals surface area contributed by atoms with Crippen molar-refractivity contribution in [1.82, 2.24) is 0 Å². The lowest BCUT2D eigenvalue weighted by Crippen LogP contribution is -2.66.